The zero-order valence-corrected chi connectivity index (χ0v) is 24.8. The molecule has 0 unspecified atom stereocenters. The number of hydrazone groups is 1. The van der Waals surface area contributed by atoms with Gasteiger partial charge in [-0.1, -0.05) is 47.7 Å². The number of thiophene rings is 1. The predicted molar refractivity (Wildman–Crippen MR) is 159 cm³/mol. The van der Waals surface area contributed by atoms with E-state index in [1.54, 1.807) is 39.1 Å². The Morgan fingerprint density at radius 1 is 1.07 bits per heavy atom. The predicted octanol–water partition coefficient (Wildman–Crippen LogP) is 4.60. The van der Waals surface area contributed by atoms with Crippen LogP contribution in [-0.4, -0.2) is 57.3 Å². The summed E-state index contributed by atoms with van der Waals surface area (Å²) in [4.78, 5) is 27.2. The van der Waals surface area contributed by atoms with Gasteiger partial charge in [0.25, 0.3) is 11.8 Å². The van der Waals surface area contributed by atoms with Crippen LogP contribution in [0.25, 0.3) is 0 Å². The molecular weight excluding hydrogens is 560 g/mol. The van der Waals surface area contributed by atoms with Crippen molar-refractivity contribution in [2.24, 2.45) is 12.1 Å². The lowest BCUT2D eigenvalue weighted by Gasteiger charge is -2.22. The number of ether oxygens (including phenoxy) is 2. The van der Waals surface area contributed by atoms with Crippen LogP contribution in [0.3, 0.4) is 0 Å². The molecule has 1 aliphatic heterocycles. The van der Waals surface area contributed by atoms with Crippen LogP contribution in [0, 0.1) is 6.92 Å². The van der Waals surface area contributed by atoms with E-state index in [-0.39, 0.29) is 30.2 Å². The summed E-state index contributed by atoms with van der Waals surface area (Å²) >= 11 is 2.91. The molecular formula is C29H30N6O4S2. The van der Waals surface area contributed by atoms with E-state index >= 15 is 0 Å². The van der Waals surface area contributed by atoms with E-state index in [0.29, 0.717) is 34.5 Å². The van der Waals surface area contributed by atoms with Crippen LogP contribution in [0.4, 0.5) is 0 Å². The summed E-state index contributed by atoms with van der Waals surface area (Å²) in [7, 11) is 4.87. The lowest BCUT2D eigenvalue weighted by atomic mass is 10.00. The van der Waals surface area contributed by atoms with E-state index < -0.39 is 0 Å². The second kappa shape index (κ2) is 12.6. The fraction of sp³-hybridized carbons (Fsp3) is 0.276. The molecule has 41 heavy (non-hydrogen) atoms. The SMILES string of the molecule is COc1ccc(C(=O)NCc2nnc(SCC(=O)N3N=C(c4cccs4)C[C@@H]3c3ccc(C)cc3)n2C)cc1OC. The summed E-state index contributed by atoms with van der Waals surface area (Å²) in [6, 6.07) is 17.1. The van der Waals surface area contributed by atoms with E-state index in [9.17, 15) is 9.59 Å². The molecule has 4 aromatic rings. The van der Waals surface area contributed by atoms with Crippen molar-refractivity contribution in [3.8, 4) is 11.5 Å². The molecule has 2 aromatic heterocycles. The number of methoxy groups -OCH3 is 2. The van der Waals surface area contributed by atoms with Crippen LogP contribution in [0.5, 0.6) is 11.5 Å². The van der Waals surface area contributed by atoms with Gasteiger partial charge in [-0.25, -0.2) is 5.01 Å². The number of benzene rings is 2. The number of aryl methyl sites for hydroxylation is 1. The Bertz CT molecular complexity index is 1570. The van der Waals surface area contributed by atoms with Crippen LogP contribution in [0.15, 0.2) is 70.2 Å². The summed E-state index contributed by atoms with van der Waals surface area (Å²) in [5.41, 5.74) is 3.56. The minimum atomic E-state index is -0.283. The third-order valence-corrected chi connectivity index (χ3v) is 8.66. The van der Waals surface area contributed by atoms with Crippen molar-refractivity contribution in [2.45, 2.75) is 31.1 Å². The minimum Gasteiger partial charge on any atom is -0.493 e. The molecule has 0 saturated carbocycles. The van der Waals surface area contributed by atoms with Crippen molar-refractivity contribution in [2.75, 3.05) is 20.0 Å². The van der Waals surface area contributed by atoms with Gasteiger partial charge in [-0.05, 0) is 42.1 Å². The smallest absolute Gasteiger partial charge is 0.253 e. The molecule has 0 saturated heterocycles. The monoisotopic (exact) mass is 590 g/mol. The third kappa shape index (κ3) is 6.28. The molecule has 1 atom stereocenters. The number of carbonyl (C=O) groups is 2. The highest BCUT2D eigenvalue weighted by Gasteiger charge is 2.33. The van der Waals surface area contributed by atoms with Gasteiger partial charge < -0.3 is 19.4 Å². The first kappa shape index (κ1) is 28.4. The van der Waals surface area contributed by atoms with E-state index in [0.717, 1.165) is 21.7 Å². The number of thioether (sulfide) groups is 1. The van der Waals surface area contributed by atoms with E-state index in [4.69, 9.17) is 14.6 Å². The maximum absolute atomic E-state index is 13.4. The van der Waals surface area contributed by atoms with E-state index in [1.165, 1.54) is 26.0 Å². The van der Waals surface area contributed by atoms with Crippen molar-refractivity contribution >= 4 is 40.6 Å². The largest absolute Gasteiger partial charge is 0.493 e. The molecule has 10 nitrogen and oxygen atoms in total. The van der Waals surface area contributed by atoms with Gasteiger partial charge in [-0.3, -0.25) is 9.59 Å². The first-order valence-electron chi connectivity index (χ1n) is 12.9. The van der Waals surface area contributed by atoms with Crippen molar-refractivity contribution in [1.82, 2.24) is 25.1 Å². The highest BCUT2D eigenvalue weighted by Crippen LogP contribution is 2.35. The second-order valence-electron chi connectivity index (χ2n) is 9.39. The second-order valence-corrected chi connectivity index (χ2v) is 11.3. The van der Waals surface area contributed by atoms with Gasteiger partial charge in [-0.15, -0.1) is 21.5 Å². The molecule has 5 rings (SSSR count). The Balaban J connectivity index is 1.23. The zero-order chi connectivity index (χ0) is 28.9. The van der Waals surface area contributed by atoms with Crippen LogP contribution >= 0.6 is 23.1 Å². The Morgan fingerprint density at radius 3 is 2.56 bits per heavy atom. The molecule has 212 valence electrons. The number of rotatable bonds is 10. The summed E-state index contributed by atoms with van der Waals surface area (Å²) in [5, 5.41) is 20.2. The molecule has 1 N–H and O–H groups in total. The molecule has 0 bridgehead atoms. The fourth-order valence-electron chi connectivity index (χ4n) is 4.44. The molecule has 0 fully saturated rings. The van der Waals surface area contributed by atoms with Crippen LogP contribution in [0.2, 0.25) is 0 Å². The summed E-state index contributed by atoms with van der Waals surface area (Å²) in [6.07, 6.45) is 0.661. The topological polar surface area (TPSA) is 111 Å². The fourth-order valence-corrected chi connectivity index (χ4v) is 5.94. The average Bonchev–Trinajstić information content (AvgIpc) is 3.75. The summed E-state index contributed by atoms with van der Waals surface area (Å²) < 4.78 is 12.3. The van der Waals surface area contributed by atoms with Crippen molar-refractivity contribution in [1.29, 1.82) is 0 Å². The zero-order valence-electron chi connectivity index (χ0n) is 23.2. The summed E-state index contributed by atoms with van der Waals surface area (Å²) in [5.74, 6) is 1.32. The highest BCUT2D eigenvalue weighted by atomic mass is 32.2. The number of nitrogens with zero attached hydrogens (tertiary/aromatic N) is 5. The third-order valence-electron chi connectivity index (χ3n) is 6.74. The summed E-state index contributed by atoms with van der Waals surface area (Å²) in [6.45, 7) is 2.21. The molecule has 3 heterocycles. The van der Waals surface area contributed by atoms with Crippen LogP contribution in [-0.2, 0) is 18.4 Å². The van der Waals surface area contributed by atoms with Crippen molar-refractivity contribution < 1.29 is 19.1 Å². The molecule has 0 spiro atoms. The van der Waals surface area contributed by atoms with E-state index in [1.807, 2.05) is 31.5 Å². The number of hydrogen-bond acceptors (Lipinski definition) is 9. The lowest BCUT2D eigenvalue weighted by Crippen LogP contribution is -2.28. The lowest BCUT2D eigenvalue weighted by molar-refractivity contribution is -0.130. The van der Waals surface area contributed by atoms with Gasteiger partial charge in [0.2, 0.25) is 0 Å². The normalized spacial score (nSPS) is 14.6. The Kier molecular flexibility index (Phi) is 8.70. The first-order valence-corrected chi connectivity index (χ1v) is 14.8. The first-order chi connectivity index (χ1) is 19.9. The van der Waals surface area contributed by atoms with Gasteiger partial charge in [0, 0.05) is 19.0 Å². The molecule has 0 aliphatic carbocycles. The number of hydrogen-bond donors (Lipinski definition) is 1. The van der Waals surface area contributed by atoms with Gasteiger partial charge in [0.15, 0.2) is 22.5 Å². The molecule has 0 radical (unpaired) electrons. The van der Waals surface area contributed by atoms with Crippen LogP contribution in [0.1, 0.15) is 44.6 Å². The number of amides is 2. The van der Waals surface area contributed by atoms with Gasteiger partial charge in [0.05, 0.1) is 43.1 Å². The number of nitrogens with one attached hydrogen (secondary N) is 1. The number of aromatic nitrogens is 3. The minimum absolute atomic E-state index is 0.113. The number of carbonyl (C=O) groups excluding carboxylic acids is 2. The highest BCUT2D eigenvalue weighted by molar-refractivity contribution is 7.99. The van der Waals surface area contributed by atoms with Gasteiger partial charge in [-0.2, -0.15) is 5.10 Å². The van der Waals surface area contributed by atoms with Gasteiger partial charge >= 0.3 is 0 Å². The average molecular weight is 591 g/mol. The Labute approximate surface area is 246 Å². The standard InChI is InChI=1S/C29H30N6O4S2/c1-18-7-9-19(10-8-18)22-15-21(25-6-5-13-40-25)33-35(22)27(36)17-41-29-32-31-26(34(29)2)16-30-28(37)20-11-12-23(38-3)24(14-20)39-4/h5-14,22H,15-17H2,1-4H3,(H,30,37)/t22-/m1/s1. The van der Waals surface area contributed by atoms with Gasteiger partial charge in [0.1, 0.15) is 0 Å². The van der Waals surface area contributed by atoms with Crippen LogP contribution < -0.4 is 14.8 Å². The molecule has 1 aliphatic rings. The Hall–Kier alpha value is -4.16. The van der Waals surface area contributed by atoms with Crippen molar-refractivity contribution in [3.05, 3.63) is 87.4 Å². The van der Waals surface area contributed by atoms with Crippen molar-refractivity contribution in [3.63, 3.8) is 0 Å². The molecule has 12 heteroatoms. The maximum Gasteiger partial charge on any atom is 0.253 e. The van der Waals surface area contributed by atoms with E-state index in [2.05, 4.69) is 39.8 Å². The maximum atomic E-state index is 13.4. The Morgan fingerprint density at radius 2 is 1.85 bits per heavy atom. The molecule has 2 amide bonds. The molecule has 2 aromatic carbocycles. The quantitative estimate of drug-likeness (QED) is 0.269.